The molecular weight excluding hydrogens is 244 g/mol. The third-order valence-electron chi connectivity index (χ3n) is 3.77. The van der Waals surface area contributed by atoms with Crippen LogP contribution < -0.4 is 5.19 Å². The van der Waals surface area contributed by atoms with Gasteiger partial charge >= 0.3 is 0 Å². The molecule has 19 heavy (non-hydrogen) atoms. The molecule has 0 bridgehead atoms. The van der Waals surface area contributed by atoms with E-state index < -0.39 is 8.80 Å². The quantitative estimate of drug-likeness (QED) is 0.661. The molecule has 2 rings (SSSR count). The first kappa shape index (κ1) is 14.1. The second kappa shape index (κ2) is 7.95. The van der Waals surface area contributed by atoms with Crippen LogP contribution in [0, 0.1) is 0 Å². The molecule has 1 atom stereocenters. The van der Waals surface area contributed by atoms with Crippen molar-refractivity contribution >= 4 is 14.0 Å². The molecule has 0 N–H and O–H groups in total. The molecule has 1 heteroatoms. The average molecular weight is 268 g/mol. The van der Waals surface area contributed by atoms with Crippen molar-refractivity contribution in [3.63, 3.8) is 0 Å². The lowest BCUT2D eigenvalue weighted by atomic mass is 10.1. The molecule has 100 valence electrons. The topological polar surface area (TPSA) is 0 Å². The van der Waals surface area contributed by atoms with E-state index >= 15 is 0 Å². The fourth-order valence-electron chi connectivity index (χ4n) is 2.75. The van der Waals surface area contributed by atoms with Crippen molar-refractivity contribution in [1.82, 2.24) is 0 Å². The van der Waals surface area contributed by atoms with E-state index in [9.17, 15) is 0 Å². The zero-order valence-corrected chi connectivity index (χ0v) is 13.0. The Morgan fingerprint density at radius 3 is 2.05 bits per heavy atom. The van der Waals surface area contributed by atoms with Crippen LogP contribution in [0.3, 0.4) is 0 Å². The summed E-state index contributed by atoms with van der Waals surface area (Å²) >= 11 is 0. The highest BCUT2D eigenvalue weighted by Crippen LogP contribution is 2.11. The molecule has 0 spiro atoms. The monoisotopic (exact) mass is 268 g/mol. The molecule has 0 aliphatic heterocycles. The highest BCUT2D eigenvalue weighted by atomic mass is 28.3. The largest absolute Gasteiger partial charge is 0.0708 e. The van der Waals surface area contributed by atoms with E-state index in [1.807, 2.05) is 0 Å². The maximum absolute atomic E-state index is 2.34. The van der Waals surface area contributed by atoms with Crippen LogP contribution in [0.25, 0.3) is 0 Å². The van der Waals surface area contributed by atoms with Crippen LogP contribution in [-0.2, 0) is 6.42 Å². The Morgan fingerprint density at radius 2 is 1.42 bits per heavy atom. The summed E-state index contributed by atoms with van der Waals surface area (Å²) in [7, 11) is -0.733. The standard InChI is InChI=1S/C18H24Si/c1-2-15-19(18-13-7-4-8-14-18)16-9-12-17-10-5-3-6-11-17/h3-8,10-11,13-14,19H,2,9,12,15-16H2,1H3. The first-order valence-corrected chi connectivity index (χ1v) is 9.70. The normalized spacial score (nSPS) is 12.3. The Morgan fingerprint density at radius 1 is 0.789 bits per heavy atom. The summed E-state index contributed by atoms with van der Waals surface area (Å²) in [6.07, 6.45) is 3.91. The van der Waals surface area contributed by atoms with Crippen molar-refractivity contribution in [3.8, 4) is 0 Å². The van der Waals surface area contributed by atoms with Gasteiger partial charge in [0.25, 0.3) is 0 Å². The molecule has 0 saturated heterocycles. The fourth-order valence-corrected chi connectivity index (χ4v) is 5.86. The predicted molar refractivity (Wildman–Crippen MR) is 87.9 cm³/mol. The molecule has 0 aromatic heterocycles. The van der Waals surface area contributed by atoms with Gasteiger partial charge in [-0.05, 0) is 12.0 Å². The van der Waals surface area contributed by atoms with E-state index in [0.717, 1.165) is 0 Å². The van der Waals surface area contributed by atoms with Gasteiger partial charge < -0.3 is 0 Å². The molecule has 0 fully saturated rings. The molecule has 0 saturated carbocycles. The summed E-state index contributed by atoms with van der Waals surface area (Å²) in [5, 5.41) is 1.65. The highest BCUT2D eigenvalue weighted by molar-refractivity contribution is 6.73. The smallest absolute Gasteiger partial charge is 0.0656 e. The number of benzene rings is 2. The summed E-state index contributed by atoms with van der Waals surface area (Å²) in [4.78, 5) is 0. The van der Waals surface area contributed by atoms with Gasteiger partial charge in [-0.3, -0.25) is 0 Å². The third-order valence-corrected chi connectivity index (χ3v) is 7.48. The van der Waals surface area contributed by atoms with Gasteiger partial charge in [-0.2, -0.15) is 0 Å². The Labute approximate surface area is 119 Å². The number of rotatable bonds is 7. The minimum atomic E-state index is -0.733. The summed E-state index contributed by atoms with van der Waals surface area (Å²) in [6.45, 7) is 2.32. The molecule has 0 aliphatic rings. The van der Waals surface area contributed by atoms with Crippen LogP contribution >= 0.6 is 0 Å². The predicted octanol–water partition coefficient (Wildman–Crippen LogP) is 4.16. The number of hydrogen-bond acceptors (Lipinski definition) is 0. The van der Waals surface area contributed by atoms with Crippen LogP contribution in [0.2, 0.25) is 12.1 Å². The molecule has 0 aliphatic carbocycles. The minimum absolute atomic E-state index is 0.733. The van der Waals surface area contributed by atoms with Gasteiger partial charge in [-0.15, -0.1) is 0 Å². The average Bonchev–Trinajstić information content (AvgIpc) is 2.48. The van der Waals surface area contributed by atoms with Gasteiger partial charge in [-0.1, -0.05) is 97.7 Å². The SMILES string of the molecule is CCC[SiH](CCCc1ccccc1)c1ccccc1. The molecule has 0 heterocycles. The van der Waals surface area contributed by atoms with Crippen molar-refractivity contribution in [3.05, 3.63) is 66.2 Å². The van der Waals surface area contributed by atoms with Gasteiger partial charge in [-0.25, -0.2) is 0 Å². The van der Waals surface area contributed by atoms with E-state index in [1.165, 1.54) is 36.9 Å². The second-order valence-corrected chi connectivity index (χ2v) is 8.49. The maximum atomic E-state index is 2.34. The summed E-state index contributed by atoms with van der Waals surface area (Å²) in [6, 6.07) is 25.0. The van der Waals surface area contributed by atoms with E-state index in [2.05, 4.69) is 67.6 Å². The van der Waals surface area contributed by atoms with Crippen molar-refractivity contribution in [1.29, 1.82) is 0 Å². The molecule has 2 aromatic carbocycles. The van der Waals surface area contributed by atoms with Crippen molar-refractivity contribution < 1.29 is 0 Å². The zero-order valence-electron chi connectivity index (χ0n) is 11.9. The summed E-state index contributed by atoms with van der Waals surface area (Å²) in [5.41, 5.74) is 1.49. The molecular formula is C18H24Si. The van der Waals surface area contributed by atoms with E-state index in [0.29, 0.717) is 0 Å². The lowest BCUT2D eigenvalue weighted by Gasteiger charge is -2.14. The maximum Gasteiger partial charge on any atom is 0.0708 e. The Kier molecular flexibility index (Phi) is 5.89. The van der Waals surface area contributed by atoms with Crippen molar-refractivity contribution in [2.45, 2.75) is 38.3 Å². The van der Waals surface area contributed by atoms with Crippen LogP contribution in [0.5, 0.6) is 0 Å². The van der Waals surface area contributed by atoms with Gasteiger partial charge in [0.2, 0.25) is 0 Å². The van der Waals surface area contributed by atoms with Gasteiger partial charge in [0.1, 0.15) is 0 Å². The summed E-state index contributed by atoms with van der Waals surface area (Å²) < 4.78 is 0. The molecule has 0 amide bonds. The molecule has 0 radical (unpaired) electrons. The minimum Gasteiger partial charge on any atom is -0.0656 e. The lowest BCUT2D eigenvalue weighted by molar-refractivity contribution is 0.901. The van der Waals surface area contributed by atoms with Crippen LogP contribution in [0.1, 0.15) is 25.3 Å². The van der Waals surface area contributed by atoms with Gasteiger partial charge in [0, 0.05) is 0 Å². The van der Waals surface area contributed by atoms with Gasteiger partial charge in [0.15, 0.2) is 0 Å². The molecule has 1 unspecified atom stereocenters. The Hall–Kier alpha value is -1.34. The molecule has 2 aromatic rings. The Bertz CT molecular complexity index is 450. The van der Waals surface area contributed by atoms with Crippen molar-refractivity contribution in [2.75, 3.05) is 0 Å². The highest BCUT2D eigenvalue weighted by Gasteiger charge is 2.11. The fraction of sp³-hybridized carbons (Fsp3) is 0.333. The van der Waals surface area contributed by atoms with Gasteiger partial charge in [0.05, 0.1) is 8.80 Å². The second-order valence-electron chi connectivity index (χ2n) is 5.27. The van der Waals surface area contributed by atoms with E-state index in [4.69, 9.17) is 0 Å². The van der Waals surface area contributed by atoms with Crippen LogP contribution in [-0.4, -0.2) is 8.80 Å². The zero-order chi connectivity index (χ0) is 13.3. The van der Waals surface area contributed by atoms with E-state index in [-0.39, 0.29) is 0 Å². The van der Waals surface area contributed by atoms with Crippen molar-refractivity contribution in [2.24, 2.45) is 0 Å². The Balaban J connectivity index is 1.87. The molecule has 0 nitrogen and oxygen atoms in total. The van der Waals surface area contributed by atoms with E-state index in [1.54, 1.807) is 5.19 Å². The van der Waals surface area contributed by atoms with Crippen LogP contribution in [0.4, 0.5) is 0 Å². The first-order chi connectivity index (χ1) is 9.40. The first-order valence-electron chi connectivity index (χ1n) is 7.49. The lowest BCUT2D eigenvalue weighted by Crippen LogP contribution is -2.29. The number of hydrogen-bond donors (Lipinski definition) is 0. The number of aryl methyl sites for hydroxylation is 1. The summed E-state index contributed by atoms with van der Waals surface area (Å²) in [5.74, 6) is 0. The third kappa shape index (κ3) is 4.68. The van der Waals surface area contributed by atoms with Crippen LogP contribution in [0.15, 0.2) is 60.7 Å².